The number of esters is 1. The summed E-state index contributed by atoms with van der Waals surface area (Å²) in [6.07, 6.45) is 5.41. The molecule has 0 N–H and O–H groups in total. The third-order valence-electron chi connectivity index (χ3n) is 7.97. The van der Waals surface area contributed by atoms with Gasteiger partial charge in [-0.25, -0.2) is 0 Å². The molecule has 37 heavy (non-hydrogen) atoms. The van der Waals surface area contributed by atoms with Crippen LogP contribution in [0, 0.1) is 5.92 Å². The van der Waals surface area contributed by atoms with Crippen molar-refractivity contribution in [1.29, 1.82) is 0 Å². The van der Waals surface area contributed by atoms with Crippen molar-refractivity contribution in [3.63, 3.8) is 0 Å². The van der Waals surface area contributed by atoms with E-state index in [1.807, 2.05) is 56.3 Å². The summed E-state index contributed by atoms with van der Waals surface area (Å²) in [5.74, 6) is -0.0378. The van der Waals surface area contributed by atoms with E-state index in [9.17, 15) is 9.59 Å². The maximum atomic E-state index is 13.2. The van der Waals surface area contributed by atoms with Gasteiger partial charge in [0.25, 0.3) is 0 Å². The Morgan fingerprint density at radius 2 is 1.86 bits per heavy atom. The number of aldehydes is 1. The number of cyclic esters (lactones) is 1. The third-order valence-corrected chi connectivity index (χ3v) is 12.5. The Kier molecular flexibility index (Phi) is 9.38. The standard InChI is InChI=1S/C30H44O6Si/c1-21-14-15-25-30(6,35-28(33-25)23-12-10-9-11-13-23)18-16-24(36-37(7,8)29(3,4)5)20-26(32)34-27(21)22(2)17-19-31/h9-15,19,21,24-25,28H,16-18,20H2,1-8H3/t21-,24?,25-,28?,30+/m0/s1. The average Bonchev–Trinajstić information content (AvgIpc) is 3.15. The van der Waals surface area contributed by atoms with E-state index in [4.69, 9.17) is 18.6 Å². The average molecular weight is 529 g/mol. The topological polar surface area (TPSA) is 71.1 Å². The van der Waals surface area contributed by atoms with Crippen LogP contribution in [0.15, 0.2) is 53.8 Å². The first-order valence-corrected chi connectivity index (χ1v) is 16.2. The van der Waals surface area contributed by atoms with E-state index in [2.05, 4.69) is 40.8 Å². The Hall–Kier alpha value is -2.06. The van der Waals surface area contributed by atoms with E-state index < -0.39 is 20.2 Å². The minimum absolute atomic E-state index is 0.00126. The van der Waals surface area contributed by atoms with Crippen LogP contribution < -0.4 is 0 Å². The van der Waals surface area contributed by atoms with Gasteiger partial charge in [0.05, 0.1) is 18.1 Å². The van der Waals surface area contributed by atoms with E-state index in [1.165, 1.54) is 0 Å². The Balaban J connectivity index is 1.99. The molecule has 6 nitrogen and oxygen atoms in total. The molecule has 204 valence electrons. The molecular weight excluding hydrogens is 484 g/mol. The molecule has 0 aromatic heterocycles. The summed E-state index contributed by atoms with van der Waals surface area (Å²) in [4.78, 5) is 24.4. The third kappa shape index (κ3) is 7.28. The minimum atomic E-state index is -2.15. The van der Waals surface area contributed by atoms with Gasteiger partial charge in [-0.15, -0.1) is 0 Å². The van der Waals surface area contributed by atoms with E-state index in [0.29, 0.717) is 18.6 Å². The largest absolute Gasteiger partial charge is 0.430 e. The van der Waals surface area contributed by atoms with Gasteiger partial charge in [-0.05, 0) is 50.4 Å². The van der Waals surface area contributed by atoms with E-state index in [-0.39, 0.29) is 42.0 Å². The SMILES string of the molecule is CC(CC=O)=C1OC(=O)CC(O[Si](C)(C)C(C)(C)C)CC[C@@]2(C)OC(c3ccccc3)O[C@H]2C=C[C@@H]1C. The summed E-state index contributed by atoms with van der Waals surface area (Å²) in [5, 5.41) is 0.00126. The number of hydrogen-bond acceptors (Lipinski definition) is 6. The summed E-state index contributed by atoms with van der Waals surface area (Å²) in [6, 6.07) is 9.95. The van der Waals surface area contributed by atoms with Crippen molar-refractivity contribution in [1.82, 2.24) is 0 Å². The zero-order valence-electron chi connectivity index (χ0n) is 23.7. The molecular formula is C30H44O6Si. The van der Waals surface area contributed by atoms with Crippen LogP contribution in [-0.2, 0) is 28.2 Å². The van der Waals surface area contributed by atoms with Crippen LogP contribution >= 0.6 is 0 Å². The zero-order chi connectivity index (χ0) is 27.4. The second-order valence-electron chi connectivity index (χ2n) is 12.1. The fourth-order valence-corrected chi connectivity index (χ4v) is 5.95. The number of benzene rings is 1. The highest BCUT2D eigenvalue weighted by molar-refractivity contribution is 6.74. The number of carbonyl (C=O) groups excluding carboxylic acids is 2. The number of allylic oxidation sites excluding steroid dienone is 2. The highest BCUT2D eigenvalue weighted by Crippen LogP contribution is 2.44. The first kappa shape index (κ1) is 29.5. The smallest absolute Gasteiger partial charge is 0.313 e. The van der Waals surface area contributed by atoms with Crippen LogP contribution in [0.2, 0.25) is 18.1 Å². The highest BCUT2D eigenvalue weighted by Gasteiger charge is 2.47. The molecule has 2 unspecified atom stereocenters. The van der Waals surface area contributed by atoms with Crippen LogP contribution in [0.1, 0.15) is 79.1 Å². The van der Waals surface area contributed by atoms with Crippen molar-refractivity contribution in [3.8, 4) is 0 Å². The molecule has 1 saturated heterocycles. The Bertz CT molecular complexity index is 1010. The quantitative estimate of drug-likeness (QED) is 0.177. The van der Waals surface area contributed by atoms with Crippen molar-refractivity contribution in [3.05, 3.63) is 59.4 Å². The van der Waals surface area contributed by atoms with E-state index >= 15 is 0 Å². The number of carbonyl (C=O) groups is 2. The lowest BCUT2D eigenvalue weighted by molar-refractivity contribution is -0.142. The van der Waals surface area contributed by atoms with Crippen molar-refractivity contribution in [2.45, 2.75) is 109 Å². The lowest BCUT2D eigenvalue weighted by Crippen LogP contribution is -2.45. The zero-order valence-corrected chi connectivity index (χ0v) is 24.7. The van der Waals surface area contributed by atoms with Crippen LogP contribution in [0.4, 0.5) is 0 Å². The molecule has 0 spiro atoms. The summed E-state index contributed by atoms with van der Waals surface area (Å²) < 4.78 is 25.7. The Morgan fingerprint density at radius 1 is 1.19 bits per heavy atom. The summed E-state index contributed by atoms with van der Waals surface area (Å²) >= 11 is 0. The molecule has 7 heteroatoms. The molecule has 1 aromatic carbocycles. The van der Waals surface area contributed by atoms with Gasteiger partial charge in [0.2, 0.25) is 0 Å². The molecule has 2 aliphatic heterocycles. The molecule has 0 saturated carbocycles. The molecule has 0 bridgehead atoms. The summed E-state index contributed by atoms with van der Waals surface area (Å²) in [7, 11) is -2.15. The minimum Gasteiger partial charge on any atom is -0.430 e. The van der Waals surface area contributed by atoms with Gasteiger partial charge in [-0.3, -0.25) is 4.79 Å². The van der Waals surface area contributed by atoms with Gasteiger partial charge in [0.15, 0.2) is 14.6 Å². The second kappa shape index (κ2) is 11.8. The molecule has 2 heterocycles. The van der Waals surface area contributed by atoms with Crippen molar-refractivity contribution >= 4 is 20.6 Å². The number of hydrogen-bond donors (Lipinski definition) is 0. The van der Waals surface area contributed by atoms with E-state index in [1.54, 1.807) is 0 Å². The molecule has 1 aromatic rings. The van der Waals surface area contributed by atoms with Gasteiger partial charge >= 0.3 is 5.97 Å². The molecule has 0 aliphatic carbocycles. The van der Waals surface area contributed by atoms with Gasteiger partial charge in [0.1, 0.15) is 18.1 Å². The predicted molar refractivity (Wildman–Crippen MR) is 147 cm³/mol. The highest BCUT2D eigenvalue weighted by atomic mass is 28.4. The summed E-state index contributed by atoms with van der Waals surface area (Å²) in [5.41, 5.74) is 1.11. The van der Waals surface area contributed by atoms with Gasteiger partial charge < -0.3 is 23.4 Å². The van der Waals surface area contributed by atoms with Crippen LogP contribution in [0.3, 0.4) is 0 Å². The lowest BCUT2D eigenvalue weighted by Gasteiger charge is -2.40. The Morgan fingerprint density at radius 3 is 2.49 bits per heavy atom. The van der Waals surface area contributed by atoms with Crippen molar-refractivity contribution < 1.29 is 28.2 Å². The van der Waals surface area contributed by atoms with Crippen LogP contribution in [0.5, 0.6) is 0 Å². The maximum absolute atomic E-state index is 13.2. The van der Waals surface area contributed by atoms with Crippen molar-refractivity contribution in [2.24, 2.45) is 5.92 Å². The van der Waals surface area contributed by atoms with Gasteiger partial charge in [0, 0.05) is 17.9 Å². The first-order valence-electron chi connectivity index (χ1n) is 13.3. The van der Waals surface area contributed by atoms with Crippen LogP contribution in [0.25, 0.3) is 0 Å². The molecule has 1 fully saturated rings. The molecule has 3 rings (SSSR count). The molecule has 2 aliphatic rings. The fourth-order valence-electron chi connectivity index (χ4n) is 4.57. The predicted octanol–water partition coefficient (Wildman–Crippen LogP) is 7.03. The fraction of sp³-hybridized carbons (Fsp3) is 0.600. The maximum Gasteiger partial charge on any atom is 0.313 e. The second-order valence-corrected chi connectivity index (χ2v) is 16.9. The molecule has 5 atom stereocenters. The molecule has 0 radical (unpaired) electrons. The number of rotatable bonds is 5. The Labute approximate surface area is 223 Å². The first-order chi connectivity index (χ1) is 17.3. The monoisotopic (exact) mass is 528 g/mol. The number of fused-ring (bicyclic) bond motifs is 1. The van der Waals surface area contributed by atoms with Crippen molar-refractivity contribution in [2.75, 3.05) is 0 Å². The van der Waals surface area contributed by atoms with E-state index in [0.717, 1.165) is 17.4 Å². The van der Waals surface area contributed by atoms with Gasteiger partial charge in [-0.2, -0.15) is 0 Å². The normalized spacial score (nSPS) is 31.1. The van der Waals surface area contributed by atoms with Gasteiger partial charge in [-0.1, -0.05) is 70.2 Å². The lowest BCUT2D eigenvalue weighted by atomic mass is 9.90. The molecule has 0 amide bonds. The van der Waals surface area contributed by atoms with Crippen LogP contribution in [-0.4, -0.2) is 38.4 Å². The number of ether oxygens (including phenoxy) is 3. The summed E-state index contributed by atoms with van der Waals surface area (Å²) in [6.45, 7) is 16.9.